The molecule has 0 N–H and O–H groups in total. The molecule has 1 aliphatic heterocycles. The van der Waals surface area contributed by atoms with Crippen molar-refractivity contribution in [1.82, 2.24) is 9.80 Å². The molecule has 1 aliphatic carbocycles. The van der Waals surface area contributed by atoms with Gasteiger partial charge in [0.25, 0.3) is 0 Å². The monoisotopic (exact) mass is 258 g/mol. The highest BCUT2D eigenvalue weighted by Gasteiger charge is 2.34. The van der Waals surface area contributed by atoms with E-state index in [2.05, 4.69) is 41.0 Å². The molecule has 0 unspecified atom stereocenters. The SMILES string of the molecule is Cc1cccc(CN2CCN(C(=O)C3CC3)CC2)c1. The van der Waals surface area contributed by atoms with E-state index in [-0.39, 0.29) is 0 Å². The number of piperazine rings is 1. The summed E-state index contributed by atoms with van der Waals surface area (Å²) in [5.41, 5.74) is 2.70. The molecule has 19 heavy (non-hydrogen) atoms. The van der Waals surface area contributed by atoms with E-state index in [4.69, 9.17) is 0 Å². The van der Waals surface area contributed by atoms with Crippen LogP contribution < -0.4 is 0 Å². The van der Waals surface area contributed by atoms with Gasteiger partial charge in [-0.3, -0.25) is 9.69 Å². The van der Waals surface area contributed by atoms with Gasteiger partial charge in [-0.25, -0.2) is 0 Å². The molecule has 1 heterocycles. The molecule has 2 fully saturated rings. The van der Waals surface area contributed by atoms with Gasteiger partial charge in [-0.2, -0.15) is 0 Å². The third kappa shape index (κ3) is 3.16. The highest BCUT2D eigenvalue weighted by atomic mass is 16.2. The van der Waals surface area contributed by atoms with Gasteiger partial charge in [0.15, 0.2) is 0 Å². The second-order valence-electron chi connectivity index (χ2n) is 5.86. The van der Waals surface area contributed by atoms with Crippen LogP contribution in [0, 0.1) is 12.8 Å². The number of carbonyl (C=O) groups is 1. The minimum absolute atomic E-state index is 0.364. The average Bonchev–Trinajstić information content (AvgIpc) is 3.23. The van der Waals surface area contributed by atoms with Crippen LogP contribution in [0.4, 0.5) is 0 Å². The second kappa shape index (κ2) is 5.33. The first-order chi connectivity index (χ1) is 9.22. The smallest absolute Gasteiger partial charge is 0.225 e. The van der Waals surface area contributed by atoms with Crippen molar-refractivity contribution in [3.63, 3.8) is 0 Å². The number of benzene rings is 1. The average molecular weight is 258 g/mol. The molecule has 3 heteroatoms. The lowest BCUT2D eigenvalue weighted by Crippen LogP contribution is -2.48. The fourth-order valence-electron chi connectivity index (χ4n) is 2.78. The van der Waals surface area contributed by atoms with Crippen LogP contribution in [-0.2, 0) is 11.3 Å². The predicted molar refractivity (Wildman–Crippen MR) is 75.8 cm³/mol. The van der Waals surface area contributed by atoms with Crippen LogP contribution >= 0.6 is 0 Å². The predicted octanol–water partition coefficient (Wildman–Crippen LogP) is 2.05. The van der Waals surface area contributed by atoms with Crippen molar-refractivity contribution >= 4 is 5.91 Å². The molecule has 1 saturated carbocycles. The molecule has 1 saturated heterocycles. The Morgan fingerprint density at radius 3 is 2.58 bits per heavy atom. The van der Waals surface area contributed by atoms with Gasteiger partial charge in [0.1, 0.15) is 0 Å². The molecule has 3 rings (SSSR count). The van der Waals surface area contributed by atoms with Crippen molar-refractivity contribution in [2.45, 2.75) is 26.3 Å². The van der Waals surface area contributed by atoms with Gasteiger partial charge in [0, 0.05) is 38.6 Å². The molecule has 0 bridgehead atoms. The van der Waals surface area contributed by atoms with E-state index in [1.54, 1.807) is 0 Å². The summed E-state index contributed by atoms with van der Waals surface area (Å²) in [7, 11) is 0. The van der Waals surface area contributed by atoms with E-state index in [0.717, 1.165) is 45.6 Å². The number of rotatable bonds is 3. The Balaban J connectivity index is 1.51. The highest BCUT2D eigenvalue weighted by molar-refractivity contribution is 5.81. The van der Waals surface area contributed by atoms with E-state index in [9.17, 15) is 4.79 Å². The van der Waals surface area contributed by atoms with E-state index >= 15 is 0 Å². The lowest BCUT2D eigenvalue weighted by atomic mass is 10.1. The van der Waals surface area contributed by atoms with Gasteiger partial charge in [0.2, 0.25) is 5.91 Å². The van der Waals surface area contributed by atoms with Gasteiger partial charge in [-0.15, -0.1) is 0 Å². The van der Waals surface area contributed by atoms with Crippen LogP contribution in [0.2, 0.25) is 0 Å². The molecular formula is C16H22N2O. The summed E-state index contributed by atoms with van der Waals surface area (Å²) in [5.74, 6) is 0.763. The van der Waals surface area contributed by atoms with Crippen molar-refractivity contribution in [1.29, 1.82) is 0 Å². The van der Waals surface area contributed by atoms with Crippen LogP contribution in [0.5, 0.6) is 0 Å². The lowest BCUT2D eigenvalue weighted by molar-refractivity contribution is -0.134. The first kappa shape index (κ1) is 12.7. The van der Waals surface area contributed by atoms with Crippen LogP contribution in [0.15, 0.2) is 24.3 Å². The normalized spacial score (nSPS) is 20.6. The zero-order chi connectivity index (χ0) is 13.2. The number of amides is 1. The molecular weight excluding hydrogens is 236 g/mol. The summed E-state index contributed by atoms with van der Waals surface area (Å²) in [5, 5.41) is 0. The Labute approximate surface area is 115 Å². The Morgan fingerprint density at radius 1 is 1.21 bits per heavy atom. The zero-order valence-corrected chi connectivity index (χ0v) is 11.6. The van der Waals surface area contributed by atoms with E-state index < -0.39 is 0 Å². The third-order valence-electron chi connectivity index (χ3n) is 4.10. The standard InChI is InChI=1S/C16H22N2O/c1-13-3-2-4-14(11-13)12-17-7-9-18(10-8-17)16(19)15-5-6-15/h2-4,11,15H,5-10,12H2,1H3. The van der Waals surface area contributed by atoms with E-state index in [1.165, 1.54) is 11.1 Å². The Bertz CT molecular complexity index is 460. The quantitative estimate of drug-likeness (QED) is 0.828. The molecule has 1 amide bonds. The molecule has 0 atom stereocenters. The number of hydrogen-bond donors (Lipinski definition) is 0. The van der Waals surface area contributed by atoms with Gasteiger partial charge >= 0.3 is 0 Å². The first-order valence-electron chi connectivity index (χ1n) is 7.29. The van der Waals surface area contributed by atoms with Crippen molar-refractivity contribution in [2.75, 3.05) is 26.2 Å². The van der Waals surface area contributed by atoms with Gasteiger partial charge < -0.3 is 4.90 Å². The van der Waals surface area contributed by atoms with Crippen molar-refractivity contribution in [3.05, 3.63) is 35.4 Å². The summed E-state index contributed by atoms with van der Waals surface area (Å²) < 4.78 is 0. The number of carbonyl (C=O) groups excluding carboxylic acids is 1. The Kier molecular flexibility index (Phi) is 3.56. The summed E-state index contributed by atoms with van der Waals surface area (Å²) in [6.07, 6.45) is 2.23. The maximum Gasteiger partial charge on any atom is 0.225 e. The van der Waals surface area contributed by atoms with Crippen molar-refractivity contribution in [3.8, 4) is 0 Å². The molecule has 0 aromatic heterocycles. The number of aryl methyl sites for hydroxylation is 1. The minimum Gasteiger partial charge on any atom is -0.340 e. The summed E-state index contributed by atoms with van der Waals surface area (Å²) >= 11 is 0. The van der Waals surface area contributed by atoms with Crippen molar-refractivity contribution < 1.29 is 4.79 Å². The fraction of sp³-hybridized carbons (Fsp3) is 0.562. The molecule has 1 aromatic carbocycles. The maximum atomic E-state index is 12.0. The van der Waals surface area contributed by atoms with Gasteiger partial charge in [-0.05, 0) is 25.3 Å². The number of hydrogen-bond acceptors (Lipinski definition) is 2. The van der Waals surface area contributed by atoms with E-state index in [1.807, 2.05) is 0 Å². The largest absolute Gasteiger partial charge is 0.340 e. The summed E-state index contributed by atoms with van der Waals surface area (Å²) in [6, 6.07) is 8.70. The summed E-state index contributed by atoms with van der Waals surface area (Å²) in [6.45, 7) is 6.96. The van der Waals surface area contributed by atoms with Crippen LogP contribution in [0.3, 0.4) is 0 Å². The van der Waals surface area contributed by atoms with Crippen LogP contribution in [-0.4, -0.2) is 41.9 Å². The zero-order valence-electron chi connectivity index (χ0n) is 11.6. The topological polar surface area (TPSA) is 23.6 Å². The lowest BCUT2D eigenvalue weighted by Gasteiger charge is -2.35. The molecule has 3 nitrogen and oxygen atoms in total. The van der Waals surface area contributed by atoms with Crippen LogP contribution in [0.25, 0.3) is 0 Å². The van der Waals surface area contributed by atoms with Gasteiger partial charge in [0.05, 0.1) is 0 Å². The summed E-state index contributed by atoms with van der Waals surface area (Å²) in [4.78, 5) is 16.5. The van der Waals surface area contributed by atoms with Crippen molar-refractivity contribution in [2.24, 2.45) is 5.92 Å². The number of nitrogens with zero attached hydrogens (tertiary/aromatic N) is 2. The fourth-order valence-corrected chi connectivity index (χ4v) is 2.78. The van der Waals surface area contributed by atoms with Gasteiger partial charge in [-0.1, -0.05) is 29.8 Å². The second-order valence-corrected chi connectivity index (χ2v) is 5.86. The highest BCUT2D eigenvalue weighted by Crippen LogP contribution is 2.31. The molecule has 0 radical (unpaired) electrons. The molecule has 102 valence electrons. The third-order valence-corrected chi connectivity index (χ3v) is 4.10. The first-order valence-corrected chi connectivity index (χ1v) is 7.29. The minimum atomic E-state index is 0.364. The maximum absolute atomic E-state index is 12.0. The Hall–Kier alpha value is -1.35. The van der Waals surface area contributed by atoms with E-state index in [0.29, 0.717) is 11.8 Å². The molecule has 1 aromatic rings. The Morgan fingerprint density at radius 2 is 1.95 bits per heavy atom. The molecule has 0 spiro atoms. The molecule has 2 aliphatic rings. The van der Waals surface area contributed by atoms with Crippen LogP contribution in [0.1, 0.15) is 24.0 Å².